The summed E-state index contributed by atoms with van der Waals surface area (Å²) in [4.78, 5) is 2.74. The minimum atomic E-state index is 0.473. The maximum atomic E-state index is 6.19. The van der Waals surface area contributed by atoms with Crippen molar-refractivity contribution >= 4 is 34.6 Å². The number of anilines is 1. The van der Waals surface area contributed by atoms with Gasteiger partial charge < -0.3 is 10.6 Å². The Morgan fingerprint density at radius 1 is 1.26 bits per heavy atom. The molecule has 2 N–H and O–H groups in total. The molecule has 5 heteroatoms. The zero-order valence-corrected chi connectivity index (χ0v) is 15.3. The van der Waals surface area contributed by atoms with Crippen LogP contribution in [0, 0.1) is 0 Å². The van der Waals surface area contributed by atoms with E-state index in [0.29, 0.717) is 16.2 Å². The summed E-state index contributed by atoms with van der Waals surface area (Å²) in [7, 11) is 0. The average Bonchev–Trinajstić information content (AvgIpc) is 2.50. The lowest BCUT2D eigenvalue weighted by Gasteiger charge is -2.49. The first-order valence-electron chi connectivity index (χ1n) is 8.75. The molecule has 2 bridgehead atoms. The predicted octanol–water partition coefficient (Wildman–Crippen LogP) is 4.42. The number of fused-ring (bicyclic) bond motifs is 2. The van der Waals surface area contributed by atoms with Gasteiger partial charge in [0.1, 0.15) is 0 Å². The Kier molecular flexibility index (Phi) is 5.78. The summed E-state index contributed by atoms with van der Waals surface area (Å²) in [6, 6.07) is 9.64. The number of nitrogens with zero attached hydrogens (tertiary/aromatic N) is 1. The van der Waals surface area contributed by atoms with E-state index in [1.54, 1.807) is 0 Å². The van der Waals surface area contributed by atoms with E-state index in [4.69, 9.17) is 23.8 Å². The van der Waals surface area contributed by atoms with E-state index >= 15 is 0 Å². The number of hydrogen-bond acceptors (Lipinski definition) is 2. The van der Waals surface area contributed by atoms with Gasteiger partial charge >= 0.3 is 0 Å². The van der Waals surface area contributed by atoms with Crippen molar-refractivity contribution in [3.05, 3.63) is 29.3 Å². The topological polar surface area (TPSA) is 27.3 Å². The van der Waals surface area contributed by atoms with Gasteiger partial charge in [-0.05, 0) is 63.0 Å². The molecule has 1 unspecified atom stereocenters. The lowest BCUT2D eigenvalue weighted by Crippen LogP contribution is -2.57. The largest absolute Gasteiger partial charge is 0.360 e. The first-order valence-corrected chi connectivity index (χ1v) is 9.53. The molecule has 2 heterocycles. The highest BCUT2D eigenvalue weighted by Crippen LogP contribution is 2.34. The number of halogens is 1. The van der Waals surface area contributed by atoms with Gasteiger partial charge in [0.05, 0.1) is 10.7 Å². The van der Waals surface area contributed by atoms with E-state index in [-0.39, 0.29) is 0 Å². The highest BCUT2D eigenvalue weighted by Gasteiger charge is 2.37. The van der Waals surface area contributed by atoms with E-state index in [0.717, 1.165) is 17.8 Å². The maximum Gasteiger partial charge on any atom is 0.171 e. The Labute approximate surface area is 149 Å². The number of nitrogens with one attached hydrogen (secondary N) is 2. The van der Waals surface area contributed by atoms with Crippen LogP contribution in [0.15, 0.2) is 24.3 Å². The van der Waals surface area contributed by atoms with Gasteiger partial charge in [0.25, 0.3) is 0 Å². The molecule has 0 saturated carbocycles. The van der Waals surface area contributed by atoms with Crippen molar-refractivity contribution in [1.82, 2.24) is 10.2 Å². The van der Waals surface area contributed by atoms with Crippen LogP contribution in [-0.2, 0) is 0 Å². The molecule has 2 aliphatic heterocycles. The van der Waals surface area contributed by atoms with Crippen LogP contribution in [0.5, 0.6) is 0 Å². The number of thiocarbonyl (C=S) groups is 1. The van der Waals surface area contributed by atoms with Crippen molar-refractivity contribution in [1.29, 1.82) is 0 Å². The third-order valence-corrected chi connectivity index (χ3v) is 5.61. The number of rotatable bonds is 4. The van der Waals surface area contributed by atoms with Gasteiger partial charge in [-0.25, -0.2) is 0 Å². The van der Waals surface area contributed by atoms with Gasteiger partial charge in [-0.15, -0.1) is 0 Å². The number of hydrogen-bond donors (Lipinski definition) is 2. The van der Waals surface area contributed by atoms with E-state index in [2.05, 4.69) is 22.5 Å². The van der Waals surface area contributed by atoms with Crippen LogP contribution >= 0.6 is 23.8 Å². The second-order valence-electron chi connectivity index (χ2n) is 6.72. The molecule has 3 rings (SSSR count). The highest BCUT2D eigenvalue weighted by molar-refractivity contribution is 7.80. The zero-order chi connectivity index (χ0) is 16.2. The lowest BCUT2D eigenvalue weighted by molar-refractivity contribution is 0.0284. The van der Waals surface area contributed by atoms with Crippen LogP contribution in [0.25, 0.3) is 0 Å². The summed E-state index contributed by atoms with van der Waals surface area (Å²) in [5.41, 5.74) is 0.871. The van der Waals surface area contributed by atoms with E-state index in [9.17, 15) is 0 Å². The molecule has 23 heavy (non-hydrogen) atoms. The summed E-state index contributed by atoms with van der Waals surface area (Å²) in [5, 5.41) is 8.14. The molecule has 126 valence electrons. The summed E-state index contributed by atoms with van der Waals surface area (Å²) in [6.45, 7) is 3.52. The summed E-state index contributed by atoms with van der Waals surface area (Å²) in [6.07, 6.45) is 7.68. The molecule has 3 nitrogen and oxygen atoms in total. The Bertz CT molecular complexity index is 537. The molecule has 0 amide bonds. The van der Waals surface area contributed by atoms with Crippen molar-refractivity contribution in [2.24, 2.45) is 0 Å². The SMILES string of the molecule is CCCN1[C@@H]2CCC[C@H]1CC(NC(=S)Nc1ccccc1Cl)C2. The molecule has 2 fully saturated rings. The minimum absolute atomic E-state index is 0.473. The molecule has 0 aromatic heterocycles. The number of para-hydroxylation sites is 1. The molecule has 0 radical (unpaired) electrons. The Balaban J connectivity index is 1.57. The van der Waals surface area contributed by atoms with Crippen molar-refractivity contribution in [3.8, 4) is 0 Å². The second kappa shape index (κ2) is 7.82. The Hall–Kier alpha value is -0.840. The minimum Gasteiger partial charge on any atom is -0.360 e. The van der Waals surface area contributed by atoms with Crippen LogP contribution in [0.3, 0.4) is 0 Å². The molecule has 0 spiro atoms. The summed E-state index contributed by atoms with van der Waals surface area (Å²) < 4.78 is 0. The Morgan fingerprint density at radius 2 is 1.96 bits per heavy atom. The fourth-order valence-electron chi connectivity index (χ4n) is 4.13. The molecule has 2 aliphatic rings. The third-order valence-electron chi connectivity index (χ3n) is 5.06. The molecular formula is C18H26ClN3S. The first-order chi connectivity index (χ1) is 11.2. The normalized spacial score (nSPS) is 27.5. The molecule has 1 aromatic rings. The third kappa shape index (κ3) is 4.17. The van der Waals surface area contributed by atoms with Crippen molar-refractivity contribution in [2.75, 3.05) is 11.9 Å². The smallest absolute Gasteiger partial charge is 0.171 e. The van der Waals surface area contributed by atoms with Crippen LogP contribution < -0.4 is 10.6 Å². The standard InChI is InChI=1S/C18H26ClN3S/c1-2-10-22-14-6-5-7-15(22)12-13(11-14)20-18(23)21-17-9-4-3-8-16(17)19/h3-4,8-9,13-15H,2,5-7,10-12H2,1H3,(H2,20,21,23)/t13?,14-,15+. The second-order valence-corrected chi connectivity index (χ2v) is 7.54. The molecule has 0 aliphatic carbocycles. The molecule has 3 atom stereocenters. The van der Waals surface area contributed by atoms with Crippen molar-refractivity contribution < 1.29 is 0 Å². The quantitative estimate of drug-likeness (QED) is 0.785. The summed E-state index contributed by atoms with van der Waals surface area (Å²) in [5.74, 6) is 0. The Morgan fingerprint density at radius 3 is 2.61 bits per heavy atom. The fraction of sp³-hybridized carbons (Fsp3) is 0.611. The number of piperidine rings is 2. The van der Waals surface area contributed by atoms with Gasteiger partial charge in [0.15, 0.2) is 5.11 Å². The van der Waals surface area contributed by atoms with Crippen molar-refractivity contribution in [3.63, 3.8) is 0 Å². The van der Waals surface area contributed by atoms with Gasteiger partial charge in [0, 0.05) is 18.1 Å². The van der Waals surface area contributed by atoms with Gasteiger partial charge in [-0.2, -0.15) is 0 Å². The molecule has 2 saturated heterocycles. The predicted molar refractivity (Wildman–Crippen MR) is 102 cm³/mol. The van der Waals surface area contributed by atoms with Gasteiger partial charge in [0.2, 0.25) is 0 Å². The average molecular weight is 352 g/mol. The van der Waals surface area contributed by atoms with Crippen LogP contribution in [0.4, 0.5) is 5.69 Å². The van der Waals surface area contributed by atoms with E-state index < -0.39 is 0 Å². The first kappa shape index (κ1) is 17.0. The number of benzene rings is 1. The van der Waals surface area contributed by atoms with Gasteiger partial charge in [-0.1, -0.05) is 37.1 Å². The molecule has 1 aromatic carbocycles. The monoisotopic (exact) mass is 351 g/mol. The van der Waals surface area contributed by atoms with Gasteiger partial charge in [-0.3, -0.25) is 4.90 Å². The lowest BCUT2D eigenvalue weighted by atomic mass is 9.81. The molecular weight excluding hydrogens is 326 g/mol. The van der Waals surface area contributed by atoms with Crippen LogP contribution in [0.2, 0.25) is 5.02 Å². The van der Waals surface area contributed by atoms with Crippen molar-refractivity contribution in [2.45, 2.75) is 63.6 Å². The van der Waals surface area contributed by atoms with E-state index in [1.165, 1.54) is 45.1 Å². The highest BCUT2D eigenvalue weighted by atomic mass is 35.5. The fourth-order valence-corrected chi connectivity index (χ4v) is 4.59. The summed E-state index contributed by atoms with van der Waals surface area (Å²) >= 11 is 11.7. The van der Waals surface area contributed by atoms with Crippen LogP contribution in [-0.4, -0.2) is 34.7 Å². The zero-order valence-electron chi connectivity index (χ0n) is 13.7. The van der Waals surface area contributed by atoms with E-state index in [1.807, 2.05) is 24.3 Å². The van der Waals surface area contributed by atoms with Crippen LogP contribution in [0.1, 0.15) is 45.4 Å². The maximum absolute atomic E-state index is 6.19.